The summed E-state index contributed by atoms with van der Waals surface area (Å²) in [4.78, 5) is 11.2. The highest BCUT2D eigenvalue weighted by atomic mass is 19.1. The van der Waals surface area contributed by atoms with E-state index in [0.29, 0.717) is 11.1 Å². The average Bonchev–Trinajstić information content (AvgIpc) is 2.37. The number of esters is 1. The summed E-state index contributed by atoms with van der Waals surface area (Å²) in [6, 6.07) is 10.7. The van der Waals surface area contributed by atoms with Gasteiger partial charge in [-0.1, -0.05) is 18.2 Å². The van der Waals surface area contributed by atoms with Crippen molar-refractivity contribution in [2.75, 3.05) is 7.11 Å². The van der Waals surface area contributed by atoms with Gasteiger partial charge in [-0.25, -0.2) is 9.18 Å². The van der Waals surface area contributed by atoms with Crippen LogP contribution >= 0.6 is 0 Å². The highest BCUT2D eigenvalue weighted by Gasteiger charge is 2.12. The van der Waals surface area contributed by atoms with Crippen LogP contribution in [-0.4, -0.2) is 18.2 Å². The molecule has 0 aliphatic heterocycles. The zero-order valence-corrected chi connectivity index (χ0v) is 9.68. The van der Waals surface area contributed by atoms with Crippen LogP contribution in [-0.2, 0) is 4.74 Å². The van der Waals surface area contributed by atoms with E-state index in [1.54, 1.807) is 18.2 Å². The molecule has 1 N–H and O–H groups in total. The van der Waals surface area contributed by atoms with Crippen LogP contribution in [0.5, 0.6) is 5.75 Å². The van der Waals surface area contributed by atoms with Gasteiger partial charge in [0.1, 0.15) is 11.6 Å². The summed E-state index contributed by atoms with van der Waals surface area (Å²) < 4.78 is 18.2. The molecule has 2 rings (SSSR count). The van der Waals surface area contributed by atoms with Gasteiger partial charge in [0.2, 0.25) is 0 Å². The van der Waals surface area contributed by atoms with Gasteiger partial charge in [-0.2, -0.15) is 0 Å². The second-order valence-electron chi connectivity index (χ2n) is 3.74. The first kappa shape index (κ1) is 12.1. The molecule has 0 aliphatic carbocycles. The van der Waals surface area contributed by atoms with Crippen LogP contribution in [0.15, 0.2) is 42.5 Å². The molecule has 0 saturated carbocycles. The van der Waals surface area contributed by atoms with E-state index in [1.807, 2.05) is 0 Å². The van der Waals surface area contributed by atoms with E-state index in [4.69, 9.17) is 0 Å². The van der Waals surface area contributed by atoms with Gasteiger partial charge in [-0.3, -0.25) is 0 Å². The molecular weight excluding hydrogens is 235 g/mol. The molecule has 0 radical (unpaired) electrons. The summed E-state index contributed by atoms with van der Waals surface area (Å²) >= 11 is 0. The summed E-state index contributed by atoms with van der Waals surface area (Å²) in [6.45, 7) is 0. The number of benzene rings is 2. The molecular formula is C14H11FO3. The summed E-state index contributed by atoms with van der Waals surface area (Å²) in [6.07, 6.45) is 0. The summed E-state index contributed by atoms with van der Waals surface area (Å²) in [5, 5.41) is 9.36. The third-order valence-corrected chi connectivity index (χ3v) is 2.55. The molecule has 0 fully saturated rings. The first-order chi connectivity index (χ1) is 8.61. The van der Waals surface area contributed by atoms with Gasteiger partial charge >= 0.3 is 5.97 Å². The number of hydrogen-bond acceptors (Lipinski definition) is 3. The van der Waals surface area contributed by atoms with Crippen LogP contribution in [0.1, 0.15) is 10.4 Å². The van der Waals surface area contributed by atoms with Crippen LogP contribution in [0, 0.1) is 5.82 Å². The van der Waals surface area contributed by atoms with Crippen molar-refractivity contribution in [3.8, 4) is 16.9 Å². The number of aromatic hydroxyl groups is 1. The maximum Gasteiger partial charge on any atom is 0.340 e. The van der Waals surface area contributed by atoms with Crippen molar-refractivity contribution in [2.45, 2.75) is 0 Å². The number of carbonyl (C=O) groups is 1. The topological polar surface area (TPSA) is 46.5 Å². The Labute approximate surface area is 103 Å². The Balaban J connectivity index is 2.43. The van der Waals surface area contributed by atoms with Crippen LogP contribution in [0.2, 0.25) is 0 Å². The second-order valence-corrected chi connectivity index (χ2v) is 3.74. The minimum absolute atomic E-state index is 0.102. The van der Waals surface area contributed by atoms with Crippen molar-refractivity contribution in [2.24, 2.45) is 0 Å². The normalized spacial score (nSPS) is 10.1. The van der Waals surface area contributed by atoms with Crippen LogP contribution in [0.3, 0.4) is 0 Å². The van der Waals surface area contributed by atoms with Crippen molar-refractivity contribution in [3.63, 3.8) is 0 Å². The largest absolute Gasteiger partial charge is 0.508 e. The molecule has 0 unspecified atom stereocenters. The van der Waals surface area contributed by atoms with Gasteiger partial charge in [0.15, 0.2) is 0 Å². The van der Waals surface area contributed by atoms with E-state index >= 15 is 0 Å². The molecule has 18 heavy (non-hydrogen) atoms. The highest BCUT2D eigenvalue weighted by Crippen LogP contribution is 2.25. The lowest BCUT2D eigenvalue weighted by Gasteiger charge is -2.05. The predicted molar refractivity (Wildman–Crippen MR) is 64.8 cm³/mol. The molecule has 0 spiro atoms. The number of carbonyl (C=O) groups excluding carboxylic acids is 1. The quantitative estimate of drug-likeness (QED) is 0.828. The molecule has 0 aliphatic rings. The number of halogens is 1. The van der Waals surface area contributed by atoms with Gasteiger partial charge in [0.25, 0.3) is 0 Å². The molecule has 0 amide bonds. The number of rotatable bonds is 2. The number of phenols is 1. The third kappa shape index (κ3) is 2.32. The molecule has 2 aromatic carbocycles. The van der Waals surface area contributed by atoms with Crippen molar-refractivity contribution in [1.29, 1.82) is 0 Å². The fourth-order valence-corrected chi connectivity index (χ4v) is 1.66. The van der Waals surface area contributed by atoms with Gasteiger partial charge in [0.05, 0.1) is 12.7 Å². The smallest absolute Gasteiger partial charge is 0.340 e. The number of methoxy groups -OCH3 is 1. The highest BCUT2D eigenvalue weighted by molar-refractivity contribution is 5.90. The molecule has 0 heterocycles. The Morgan fingerprint density at radius 3 is 2.50 bits per heavy atom. The molecule has 0 bridgehead atoms. The molecule has 0 atom stereocenters. The Morgan fingerprint density at radius 1 is 1.17 bits per heavy atom. The zero-order valence-electron chi connectivity index (χ0n) is 9.68. The molecule has 0 saturated heterocycles. The molecule has 3 nitrogen and oxygen atoms in total. The standard InChI is InChI=1S/C14H11FO3/c1-18-14(17)12-6-5-10(8-13(12)15)9-3-2-4-11(16)7-9/h2-8,16H,1H3. The van der Waals surface area contributed by atoms with Crippen LogP contribution in [0.4, 0.5) is 4.39 Å². The Bertz CT molecular complexity index is 593. The van der Waals surface area contributed by atoms with E-state index in [0.717, 1.165) is 0 Å². The van der Waals surface area contributed by atoms with E-state index in [-0.39, 0.29) is 11.3 Å². The Kier molecular flexibility index (Phi) is 3.28. The fraction of sp³-hybridized carbons (Fsp3) is 0.0714. The van der Waals surface area contributed by atoms with Gasteiger partial charge in [-0.15, -0.1) is 0 Å². The van der Waals surface area contributed by atoms with Crippen LogP contribution in [0.25, 0.3) is 11.1 Å². The van der Waals surface area contributed by atoms with E-state index in [9.17, 15) is 14.3 Å². The molecule has 4 heteroatoms. The average molecular weight is 246 g/mol. The zero-order chi connectivity index (χ0) is 13.1. The van der Waals surface area contributed by atoms with E-state index in [1.165, 1.54) is 31.4 Å². The SMILES string of the molecule is COC(=O)c1ccc(-c2cccc(O)c2)cc1F. The van der Waals surface area contributed by atoms with Crippen molar-refractivity contribution in [3.05, 3.63) is 53.8 Å². The van der Waals surface area contributed by atoms with E-state index < -0.39 is 11.8 Å². The molecule has 2 aromatic rings. The lowest BCUT2D eigenvalue weighted by atomic mass is 10.0. The number of hydrogen-bond donors (Lipinski definition) is 1. The number of ether oxygens (including phenoxy) is 1. The van der Waals surface area contributed by atoms with E-state index in [2.05, 4.69) is 4.74 Å². The maximum atomic E-state index is 13.7. The minimum Gasteiger partial charge on any atom is -0.508 e. The first-order valence-corrected chi connectivity index (χ1v) is 5.29. The van der Waals surface area contributed by atoms with Crippen LogP contribution < -0.4 is 0 Å². The van der Waals surface area contributed by atoms with Gasteiger partial charge in [-0.05, 0) is 35.4 Å². The monoisotopic (exact) mass is 246 g/mol. The minimum atomic E-state index is -0.713. The maximum absolute atomic E-state index is 13.7. The first-order valence-electron chi connectivity index (χ1n) is 5.29. The lowest BCUT2D eigenvalue weighted by Crippen LogP contribution is -2.04. The summed E-state index contributed by atoms with van der Waals surface area (Å²) in [5.41, 5.74) is 1.14. The Hall–Kier alpha value is -2.36. The molecule has 92 valence electrons. The van der Waals surface area contributed by atoms with Gasteiger partial charge in [0, 0.05) is 0 Å². The lowest BCUT2D eigenvalue weighted by molar-refractivity contribution is 0.0595. The molecule has 0 aromatic heterocycles. The van der Waals surface area contributed by atoms with Gasteiger partial charge < -0.3 is 9.84 Å². The Morgan fingerprint density at radius 2 is 1.89 bits per heavy atom. The number of phenolic OH excluding ortho intramolecular Hbond substituents is 1. The fourth-order valence-electron chi connectivity index (χ4n) is 1.66. The second kappa shape index (κ2) is 4.87. The summed E-state index contributed by atoms with van der Waals surface area (Å²) in [7, 11) is 1.20. The summed E-state index contributed by atoms with van der Waals surface area (Å²) in [5.74, 6) is -1.26. The van der Waals surface area contributed by atoms with Crippen molar-refractivity contribution in [1.82, 2.24) is 0 Å². The van der Waals surface area contributed by atoms with Crippen molar-refractivity contribution < 1.29 is 19.0 Å². The predicted octanol–water partition coefficient (Wildman–Crippen LogP) is 2.98. The third-order valence-electron chi connectivity index (χ3n) is 2.55. The van der Waals surface area contributed by atoms with Crippen molar-refractivity contribution >= 4 is 5.97 Å².